The van der Waals surface area contributed by atoms with Crippen LogP contribution in [0.15, 0.2) is 18.2 Å². The van der Waals surface area contributed by atoms with Crippen molar-refractivity contribution in [3.63, 3.8) is 0 Å². The summed E-state index contributed by atoms with van der Waals surface area (Å²) in [5.74, 6) is 1.25. The van der Waals surface area contributed by atoms with Crippen LogP contribution in [0.25, 0.3) is 0 Å². The molecule has 0 radical (unpaired) electrons. The normalized spacial score (nSPS) is 24.2. The summed E-state index contributed by atoms with van der Waals surface area (Å²) in [5.41, 5.74) is 1.19. The summed E-state index contributed by atoms with van der Waals surface area (Å²) in [4.78, 5) is 0. The summed E-state index contributed by atoms with van der Waals surface area (Å²) in [6, 6.07) is 5.94. The standard InChI is InChI=1S/C17H24FNOS/c1-12(16-4-3-9-19(16)21-2)14-7-8-15(18)17(10-14)20-11-13-5-6-13/h7-8,10,12-13,16H,3-6,9,11H2,1-2H3. The average molecular weight is 309 g/mol. The Labute approximate surface area is 131 Å². The number of hydrogen-bond acceptors (Lipinski definition) is 3. The van der Waals surface area contributed by atoms with E-state index in [0.29, 0.717) is 30.2 Å². The fourth-order valence-corrected chi connectivity index (χ4v) is 3.99. The molecule has 0 N–H and O–H groups in total. The Balaban J connectivity index is 1.72. The highest BCUT2D eigenvalue weighted by atomic mass is 32.2. The Morgan fingerprint density at radius 3 is 2.90 bits per heavy atom. The number of rotatable bonds is 6. The molecule has 1 aliphatic heterocycles. The first-order valence-corrected chi connectivity index (χ1v) is 9.10. The van der Waals surface area contributed by atoms with Crippen LogP contribution in [0.4, 0.5) is 4.39 Å². The largest absolute Gasteiger partial charge is 0.490 e. The number of nitrogens with zero attached hydrogens (tertiary/aromatic N) is 1. The van der Waals surface area contributed by atoms with Gasteiger partial charge in [-0.25, -0.2) is 8.70 Å². The maximum absolute atomic E-state index is 13.9. The van der Waals surface area contributed by atoms with Crippen molar-refractivity contribution in [1.29, 1.82) is 0 Å². The van der Waals surface area contributed by atoms with E-state index in [9.17, 15) is 4.39 Å². The number of halogens is 1. The van der Waals surface area contributed by atoms with Crippen LogP contribution in [-0.4, -0.2) is 29.8 Å². The van der Waals surface area contributed by atoms with Crippen LogP contribution in [0.2, 0.25) is 0 Å². The van der Waals surface area contributed by atoms with Gasteiger partial charge in [-0.3, -0.25) is 0 Å². The van der Waals surface area contributed by atoms with Crippen molar-refractivity contribution in [2.75, 3.05) is 19.4 Å². The minimum atomic E-state index is -0.236. The Bertz CT molecular complexity index is 492. The van der Waals surface area contributed by atoms with E-state index in [1.165, 1.54) is 31.2 Å². The number of ether oxygens (including phenoxy) is 1. The molecule has 1 aromatic rings. The molecule has 2 nitrogen and oxygen atoms in total. The van der Waals surface area contributed by atoms with Crippen LogP contribution in [0.5, 0.6) is 5.75 Å². The van der Waals surface area contributed by atoms with Crippen LogP contribution in [0, 0.1) is 11.7 Å². The van der Waals surface area contributed by atoms with E-state index in [-0.39, 0.29) is 5.82 Å². The number of benzene rings is 1. The van der Waals surface area contributed by atoms with Gasteiger partial charge in [0.15, 0.2) is 11.6 Å². The second kappa shape index (κ2) is 6.57. The molecule has 1 aromatic carbocycles. The quantitative estimate of drug-likeness (QED) is 0.720. The average Bonchev–Trinajstić information content (AvgIpc) is 3.20. The zero-order valence-electron chi connectivity index (χ0n) is 12.8. The minimum Gasteiger partial charge on any atom is -0.490 e. The van der Waals surface area contributed by atoms with Gasteiger partial charge in [0.05, 0.1) is 6.61 Å². The minimum absolute atomic E-state index is 0.236. The van der Waals surface area contributed by atoms with Crippen LogP contribution >= 0.6 is 11.9 Å². The van der Waals surface area contributed by atoms with E-state index in [2.05, 4.69) is 17.5 Å². The van der Waals surface area contributed by atoms with Gasteiger partial charge in [0.25, 0.3) is 0 Å². The fourth-order valence-electron chi connectivity index (χ4n) is 3.12. The molecular formula is C17H24FNOS. The van der Waals surface area contributed by atoms with Crippen molar-refractivity contribution in [3.8, 4) is 5.75 Å². The topological polar surface area (TPSA) is 12.5 Å². The zero-order valence-corrected chi connectivity index (χ0v) is 13.7. The lowest BCUT2D eigenvalue weighted by Crippen LogP contribution is -2.27. The molecule has 2 aliphatic rings. The van der Waals surface area contributed by atoms with Gasteiger partial charge in [0.2, 0.25) is 0 Å². The SMILES string of the molecule is CSN1CCCC1C(C)c1ccc(F)c(OCC2CC2)c1. The van der Waals surface area contributed by atoms with Crippen LogP contribution in [0.1, 0.15) is 44.1 Å². The van der Waals surface area contributed by atoms with Crippen molar-refractivity contribution >= 4 is 11.9 Å². The molecule has 21 heavy (non-hydrogen) atoms. The van der Waals surface area contributed by atoms with Gasteiger partial charge in [-0.05, 0) is 61.5 Å². The van der Waals surface area contributed by atoms with E-state index in [1.54, 1.807) is 6.07 Å². The smallest absolute Gasteiger partial charge is 0.165 e. The summed E-state index contributed by atoms with van der Waals surface area (Å²) in [7, 11) is 0. The van der Waals surface area contributed by atoms with Crippen LogP contribution < -0.4 is 4.74 Å². The first kappa shape index (κ1) is 15.2. The van der Waals surface area contributed by atoms with Gasteiger partial charge in [-0.2, -0.15) is 0 Å². The van der Waals surface area contributed by atoms with Crippen molar-refractivity contribution in [3.05, 3.63) is 29.6 Å². The first-order valence-electron chi connectivity index (χ1n) is 7.92. The van der Waals surface area contributed by atoms with Crippen LogP contribution in [-0.2, 0) is 0 Å². The van der Waals surface area contributed by atoms with Gasteiger partial charge in [-0.1, -0.05) is 24.9 Å². The summed E-state index contributed by atoms with van der Waals surface area (Å²) in [5, 5.41) is 0. The summed E-state index contributed by atoms with van der Waals surface area (Å²) < 4.78 is 22.0. The highest BCUT2D eigenvalue weighted by molar-refractivity contribution is 7.96. The molecule has 1 saturated heterocycles. The second-order valence-electron chi connectivity index (χ2n) is 6.27. The molecule has 2 fully saturated rings. The Morgan fingerprint density at radius 1 is 1.38 bits per heavy atom. The molecule has 0 bridgehead atoms. The molecule has 1 saturated carbocycles. The molecule has 3 rings (SSSR count). The molecule has 2 unspecified atom stereocenters. The molecule has 0 aromatic heterocycles. The Hall–Kier alpha value is -0.740. The third kappa shape index (κ3) is 3.54. The molecule has 2 atom stereocenters. The van der Waals surface area contributed by atoms with Gasteiger partial charge in [-0.15, -0.1) is 0 Å². The maximum atomic E-state index is 13.9. The predicted molar refractivity (Wildman–Crippen MR) is 86.3 cm³/mol. The zero-order chi connectivity index (χ0) is 14.8. The van der Waals surface area contributed by atoms with Crippen LogP contribution in [0.3, 0.4) is 0 Å². The Kier molecular flexibility index (Phi) is 4.75. The van der Waals surface area contributed by atoms with Gasteiger partial charge < -0.3 is 4.74 Å². The van der Waals surface area contributed by atoms with Gasteiger partial charge in [0.1, 0.15) is 0 Å². The van der Waals surface area contributed by atoms with E-state index in [1.807, 2.05) is 24.1 Å². The summed E-state index contributed by atoms with van der Waals surface area (Å²) in [6.45, 7) is 4.06. The van der Waals surface area contributed by atoms with E-state index in [0.717, 1.165) is 6.54 Å². The second-order valence-corrected chi connectivity index (χ2v) is 7.10. The van der Waals surface area contributed by atoms with Crippen molar-refractivity contribution in [2.45, 2.75) is 44.6 Å². The predicted octanol–water partition coefficient (Wildman–Crippen LogP) is 4.46. The lowest BCUT2D eigenvalue weighted by molar-refractivity contribution is 0.284. The third-order valence-electron chi connectivity index (χ3n) is 4.71. The highest BCUT2D eigenvalue weighted by Crippen LogP contribution is 2.36. The molecule has 0 spiro atoms. The highest BCUT2D eigenvalue weighted by Gasteiger charge is 2.30. The van der Waals surface area contributed by atoms with E-state index >= 15 is 0 Å². The van der Waals surface area contributed by atoms with Crippen molar-refractivity contribution in [2.24, 2.45) is 5.92 Å². The molecule has 1 aliphatic carbocycles. The maximum Gasteiger partial charge on any atom is 0.165 e. The molecule has 116 valence electrons. The third-order valence-corrected chi connectivity index (χ3v) is 5.63. The van der Waals surface area contributed by atoms with E-state index in [4.69, 9.17) is 4.74 Å². The lowest BCUT2D eigenvalue weighted by atomic mass is 9.92. The lowest BCUT2D eigenvalue weighted by Gasteiger charge is -2.28. The summed E-state index contributed by atoms with van der Waals surface area (Å²) in [6.07, 6.45) is 7.06. The molecular weight excluding hydrogens is 285 g/mol. The van der Waals surface area contributed by atoms with E-state index < -0.39 is 0 Å². The number of hydrogen-bond donors (Lipinski definition) is 0. The monoisotopic (exact) mass is 309 g/mol. The van der Waals surface area contributed by atoms with Gasteiger partial charge >= 0.3 is 0 Å². The molecule has 0 amide bonds. The van der Waals surface area contributed by atoms with Gasteiger partial charge in [0, 0.05) is 12.6 Å². The fraction of sp³-hybridized carbons (Fsp3) is 0.647. The summed E-state index contributed by atoms with van der Waals surface area (Å²) >= 11 is 1.82. The first-order chi connectivity index (χ1) is 10.2. The van der Waals surface area contributed by atoms with Crippen molar-refractivity contribution < 1.29 is 9.13 Å². The molecule has 4 heteroatoms. The molecule has 1 heterocycles. The van der Waals surface area contributed by atoms with Crippen molar-refractivity contribution in [1.82, 2.24) is 4.31 Å². The Morgan fingerprint density at radius 2 is 2.19 bits per heavy atom.